The summed E-state index contributed by atoms with van der Waals surface area (Å²) in [4.78, 5) is 13.4. The summed E-state index contributed by atoms with van der Waals surface area (Å²) >= 11 is 7.08. The fourth-order valence-electron chi connectivity index (χ4n) is 2.88. The topological polar surface area (TPSA) is 83.8 Å². The molecule has 1 amide bonds. The van der Waals surface area contributed by atoms with E-state index in [2.05, 4.69) is 11.4 Å². The standard InChI is InChI=1S/C19H17ClN4OS/c1-11(12-4-6-18(26-22)14(7-12)10-21)23-19(25)17-8-13-3-5-15(20)9-16(13)24(17)2/h3-9,11H,22H2,1-2H3,(H,23,25). The number of nitrogens with zero attached hydrogens (tertiary/aromatic N) is 2. The van der Waals surface area contributed by atoms with Crippen LogP contribution < -0.4 is 10.5 Å². The first-order chi connectivity index (χ1) is 12.4. The zero-order valence-electron chi connectivity index (χ0n) is 14.3. The fourth-order valence-corrected chi connectivity index (χ4v) is 3.43. The number of carbonyl (C=O) groups excluding carboxylic acids is 1. The minimum absolute atomic E-state index is 0.192. The van der Waals surface area contributed by atoms with E-state index in [9.17, 15) is 10.1 Å². The molecular formula is C19H17ClN4OS. The Bertz CT molecular complexity index is 1040. The zero-order chi connectivity index (χ0) is 18.8. The smallest absolute Gasteiger partial charge is 0.268 e. The number of amides is 1. The molecule has 0 bridgehead atoms. The van der Waals surface area contributed by atoms with Gasteiger partial charge in [0, 0.05) is 27.9 Å². The maximum Gasteiger partial charge on any atom is 0.268 e. The van der Waals surface area contributed by atoms with Crippen molar-refractivity contribution in [2.45, 2.75) is 17.9 Å². The quantitative estimate of drug-likeness (QED) is 0.661. The van der Waals surface area contributed by atoms with Crippen molar-refractivity contribution in [3.63, 3.8) is 0 Å². The van der Waals surface area contributed by atoms with Crippen molar-refractivity contribution in [3.05, 3.63) is 64.3 Å². The van der Waals surface area contributed by atoms with Crippen molar-refractivity contribution >= 4 is 40.4 Å². The molecule has 0 aliphatic rings. The fraction of sp³-hybridized carbons (Fsp3) is 0.158. The van der Waals surface area contributed by atoms with E-state index >= 15 is 0 Å². The van der Waals surface area contributed by atoms with Crippen molar-refractivity contribution in [2.75, 3.05) is 0 Å². The molecule has 0 saturated carbocycles. The number of nitrogens with one attached hydrogen (secondary N) is 1. The molecule has 132 valence electrons. The number of benzene rings is 2. The number of aromatic nitrogens is 1. The van der Waals surface area contributed by atoms with E-state index in [1.807, 2.05) is 42.8 Å². The van der Waals surface area contributed by atoms with Gasteiger partial charge in [0.25, 0.3) is 5.91 Å². The van der Waals surface area contributed by atoms with Crippen molar-refractivity contribution in [2.24, 2.45) is 12.2 Å². The largest absolute Gasteiger partial charge is 0.344 e. The second kappa shape index (κ2) is 7.42. The summed E-state index contributed by atoms with van der Waals surface area (Å²) in [6.07, 6.45) is 0. The van der Waals surface area contributed by atoms with Gasteiger partial charge in [-0.25, -0.2) is 0 Å². The van der Waals surface area contributed by atoms with E-state index < -0.39 is 0 Å². The lowest BCUT2D eigenvalue weighted by atomic mass is 10.1. The van der Waals surface area contributed by atoms with Crippen LogP contribution in [-0.4, -0.2) is 10.5 Å². The number of hydrogen-bond donors (Lipinski definition) is 2. The first-order valence-corrected chi connectivity index (χ1v) is 9.17. The summed E-state index contributed by atoms with van der Waals surface area (Å²) in [6.45, 7) is 1.88. The van der Waals surface area contributed by atoms with Crippen molar-refractivity contribution < 1.29 is 4.79 Å². The van der Waals surface area contributed by atoms with Crippen LogP contribution in [0.3, 0.4) is 0 Å². The Hall–Kier alpha value is -2.46. The molecular weight excluding hydrogens is 368 g/mol. The number of nitriles is 1. The summed E-state index contributed by atoms with van der Waals surface area (Å²) in [5, 5.41) is 19.3. The van der Waals surface area contributed by atoms with Crippen molar-refractivity contribution in [1.82, 2.24) is 9.88 Å². The lowest BCUT2D eigenvalue weighted by Gasteiger charge is -2.16. The van der Waals surface area contributed by atoms with Crippen molar-refractivity contribution in [3.8, 4) is 6.07 Å². The number of aryl methyl sites for hydroxylation is 1. The van der Waals surface area contributed by atoms with Crippen LogP contribution in [-0.2, 0) is 7.05 Å². The molecule has 0 saturated heterocycles. The monoisotopic (exact) mass is 384 g/mol. The Morgan fingerprint density at radius 1 is 1.31 bits per heavy atom. The highest BCUT2D eigenvalue weighted by Crippen LogP contribution is 2.25. The van der Waals surface area contributed by atoms with E-state index in [1.165, 1.54) is 0 Å². The molecule has 1 unspecified atom stereocenters. The maximum atomic E-state index is 12.7. The Kier molecular flexibility index (Phi) is 5.23. The Morgan fingerprint density at radius 3 is 2.77 bits per heavy atom. The second-order valence-corrected chi connectivity index (χ2v) is 7.08. The molecule has 0 fully saturated rings. The molecule has 1 heterocycles. The molecule has 5 nitrogen and oxygen atoms in total. The van der Waals surface area contributed by atoms with E-state index in [1.54, 1.807) is 18.2 Å². The molecule has 3 rings (SSSR count). The van der Waals surface area contributed by atoms with Crippen LogP contribution in [0.25, 0.3) is 10.9 Å². The third-order valence-electron chi connectivity index (χ3n) is 4.34. The molecule has 0 spiro atoms. The van der Waals surface area contributed by atoms with Gasteiger partial charge in [-0.2, -0.15) is 5.26 Å². The lowest BCUT2D eigenvalue weighted by molar-refractivity contribution is 0.0932. The van der Waals surface area contributed by atoms with E-state index in [-0.39, 0.29) is 11.9 Å². The average Bonchev–Trinajstić information content (AvgIpc) is 2.97. The molecule has 7 heteroatoms. The van der Waals surface area contributed by atoms with Crippen LogP contribution in [0.15, 0.2) is 47.4 Å². The van der Waals surface area contributed by atoms with Gasteiger partial charge in [-0.3, -0.25) is 9.93 Å². The highest BCUT2D eigenvalue weighted by Gasteiger charge is 2.17. The van der Waals surface area contributed by atoms with Crippen LogP contribution in [0.1, 0.15) is 34.6 Å². The highest BCUT2D eigenvalue weighted by molar-refractivity contribution is 7.97. The Balaban J connectivity index is 1.86. The van der Waals surface area contributed by atoms with E-state index in [4.69, 9.17) is 16.7 Å². The van der Waals surface area contributed by atoms with Crippen LogP contribution in [0.2, 0.25) is 5.02 Å². The zero-order valence-corrected chi connectivity index (χ0v) is 15.9. The third-order valence-corrected chi connectivity index (χ3v) is 5.18. The van der Waals surface area contributed by atoms with Crippen LogP contribution in [0, 0.1) is 11.3 Å². The summed E-state index contributed by atoms with van der Waals surface area (Å²) in [6, 6.07) is 14.6. The molecule has 1 aromatic heterocycles. The number of nitrogens with two attached hydrogens (primary N) is 1. The summed E-state index contributed by atoms with van der Waals surface area (Å²) in [5.74, 6) is -0.192. The maximum absolute atomic E-state index is 12.7. The molecule has 3 N–H and O–H groups in total. The third kappa shape index (κ3) is 3.42. The van der Waals surface area contributed by atoms with Gasteiger partial charge in [0.15, 0.2) is 0 Å². The van der Waals surface area contributed by atoms with Gasteiger partial charge in [0.05, 0.1) is 11.6 Å². The highest BCUT2D eigenvalue weighted by atomic mass is 35.5. The predicted molar refractivity (Wildman–Crippen MR) is 105 cm³/mol. The average molecular weight is 385 g/mol. The summed E-state index contributed by atoms with van der Waals surface area (Å²) in [7, 11) is 1.83. The molecule has 26 heavy (non-hydrogen) atoms. The SMILES string of the molecule is CC(NC(=O)c1cc2ccc(Cl)cc2n1C)c1ccc(SN)c(C#N)c1. The van der Waals surface area contributed by atoms with Gasteiger partial charge < -0.3 is 9.88 Å². The minimum Gasteiger partial charge on any atom is -0.344 e. The van der Waals surface area contributed by atoms with Crippen LogP contribution in [0.4, 0.5) is 0 Å². The second-order valence-electron chi connectivity index (χ2n) is 5.97. The number of rotatable bonds is 4. The molecule has 0 aliphatic carbocycles. The lowest BCUT2D eigenvalue weighted by Crippen LogP contribution is -2.28. The van der Waals surface area contributed by atoms with Crippen LogP contribution in [0.5, 0.6) is 0 Å². The number of fused-ring (bicyclic) bond motifs is 1. The Morgan fingerprint density at radius 2 is 2.08 bits per heavy atom. The van der Waals surface area contributed by atoms with Gasteiger partial charge in [-0.05, 0) is 54.8 Å². The van der Waals surface area contributed by atoms with Crippen molar-refractivity contribution in [1.29, 1.82) is 5.26 Å². The van der Waals surface area contributed by atoms with Gasteiger partial charge in [-0.1, -0.05) is 23.7 Å². The van der Waals surface area contributed by atoms with Gasteiger partial charge >= 0.3 is 0 Å². The normalized spacial score (nSPS) is 12.0. The van der Waals surface area contributed by atoms with Gasteiger partial charge in [-0.15, -0.1) is 0 Å². The van der Waals surface area contributed by atoms with E-state index in [0.29, 0.717) is 21.2 Å². The van der Waals surface area contributed by atoms with Gasteiger partial charge in [0.2, 0.25) is 0 Å². The molecule has 2 aromatic carbocycles. The summed E-state index contributed by atoms with van der Waals surface area (Å²) < 4.78 is 1.82. The minimum atomic E-state index is -0.256. The first-order valence-electron chi connectivity index (χ1n) is 7.91. The predicted octanol–water partition coefficient (Wildman–Crippen LogP) is 4.16. The number of carbonyl (C=O) groups is 1. The molecule has 3 aromatic rings. The molecule has 1 atom stereocenters. The summed E-state index contributed by atoms with van der Waals surface area (Å²) in [5.41, 5.74) is 2.78. The Labute approximate surface area is 160 Å². The van der Waals surface area contributed by atoms with Gasteiger partial charge in [0.1, 0.15) is 11.8 Å². The first kappa shape index (κ1) is 18.3. The van der Waals surface area contributed by atoms with E-state index in [0.717, 1.165) is 28.4 Å². The molecule has 0 aliphatic heterocycles. The number of halogens is 1. The number of hydrogen-bond acceptors (Lipinski definition) is 4. The molecule has 0 radical (unpaired) electrons. The van der Waals surface area contributed by atoms with Crippen LogP contribution >= 0.6 is 23.5 Å².